The number of carbonyl (C=O) groups is 2. The maximum Gasteiger partial charge on any atom is 0.230 e. The van der Waals surface area contributed by atoms with E-state index in [1.54, 1.807) is 32.4 Å². The summed E-state index contributed by atoms with van der Waals surface area (Å²) in [6.45, 7) is 3.02. The summed E-state index contributed by atoms with van der Waals surface area (Å²) in [7, 11) is 3.17. The molecule has 4 rings (SSSR count). The first-order valence-corrected chi connectivity index (χ1v) is 11.4. The van der Waals surface area contributed by atoms with E-state index in [4.69, 9.17) is 14.0 Å². The lowest BCUT2D eigenvalue weighted by Crippen LogP contribution is -2.41. The molecule has 0 aliphatic carbocycles. The largest absolute Gasteiger partial charge is 0.493 e. The predicted octanol–water partition coefficient (Wildman–Crippen LogP) is 4.37. The molecule has 1 fully saturated rings. The van der Waals surface area contributed by atoms with Crippen LogP contribution in [0.2, 0.25) is 0 Å². The molecule has 0 bridgehead atoms. The van der Waals surface area contributed by atoms with Crippen molar-refractivity contribution in [2.45, 2.75) is 32.1 Å². The number of benzene rings is 2. The molecular weight excluding hydrogens is 434 g/mol. The third-order valence-corrected chi connectivity index (χ3v) is 6.25. The zero-order valence-corrected chi connectivity index (χ0v) is 19.7. The number of ketones is 1. The van der Waals surface area contributed by atoms with Crippen LogP contribution < -0.4 is 9.47 Å². The fraction of sp³-hybridized carbons (Fsp3) is 0.385. The molecule has 0 N–H and O–H groups in total. The van der Waals surface area contributed by atoms with Crippen molar-refractivity contribution in [1.82, 2.24) is 15.0 Å². The number of amides is 1. The highest BCUT2D eigenvalue weighted by Crippen LogP contribution is 2.33. The van der Waals surface area contributed by atoms with Gasteiger partial charge in [-0.25, -0.2) is 0 Å². The van der Waals surface area contributed by atoms with E-state index in [9.17, 15) is 9.59 Å². The maximum atomic E-state index is 12.9. The van der Waals surface area contributed by atoms with Gasteiger partial charge in [0.25, 0.3) is 0 Å². The molecule has 178 valence electrons. The van der Waals surface area contributed by atoms with Gasteiger partial charge in [-0.3, -0.25) is 9.59 Å². The Morgan fingerprint density at radius 3 is 2.44 bits per heavy atom. The van der Waals surface area contributed by atoms with Crippen LogP contribution in [0.15, 0.2) is 53.1 Å². The van der Waals surface area contributed by atoms with Crippen LogP contribution in [0.25, 0.3) is 11.4 Å². The number of Topliss-reactive ketones (excluding diaryl/α,β-unsaturated/α-hetero) is 1. The van der Waals surface area contributed by atoms with Crippen molar-refractivity contribution < 1.29 is 23.6 Å². The molecule has 0 radical (unpaired) electrons. The van der Waals surface area contributed by atoms with Crippen LogP contribution in [0, 0.1) is 5.92 Å². The summed E-state index contributed by atoms with van der Waals surface area (Å²) in [6, 6.07) is 14.6. The van der Waals surface area contributed by atoms with Crippen LogP contribution in [0.3, 0.4) is 0 Å². The van der Waals surface area contributed by atoms with E-state index >= 15 is 0 Å². The van der Waals surface area contributed by atoms with Crippen LogP contribution in [0.5, 0.6) is 11.5 Å². The minimum absolute atomic E-state index is 0.00936. The molecule has 0 saturated carbocycles. The van der Waals surface area contributed by atoms with E-state index in [0.29, 0.717) is 41.9 Å². The van der Waals surface area contributed by atoms with Crippen molar-refractivity contribution in [3.63, 3.8) is 0 Å². The van der Waals surface area contributed by atoms with Crippen molar-refractivity contribution in [3.8, 4) is 22.9 Å². The molecular formula is C26H29N3O5. The predicted molar refractivity (Wildman–Crippen MR) is 126 cm³/mol. The summed E-state index contributed by atoms with van der Waals surface area (Å²) in [5.74, 6) is 2.02. The highest BCUT2D eigenvalue weighted by Gasteiger charge is 2.30. The van der Waals surface area contributed by atoms with E-state index in [1.807, 2.05) is 42.2 Å². The summed E-state index contributed by atoms with van der Waals surface area (Å²) in [5.41, 5.74) is 1.42. The number of likely N-dealkylation sites (tertiary alicyclic amines) is 1. The molecule has 3 aromatic rings. The van der Waals surface area contributed by atoms with E-state index < -0.39 is 0 Å². The van der Waals surface area contributed by atoms with Gasteiger partial charge < -0.3 is 18.9 Å². The lowest BCUT2D eigenvalue weighted by Gasteiger charge is -2.32. The summed E-state index contributed by atoms with van der Waals surface area (Å²) in [5, 5.41) is 4.14. The van der Waals surface area contributed by atoms with Crippen LogP contribution in [0.1, 0.15) is 48.4 Å². The van der Waals surface area contributed by atoms with Gasteiger partial charge in [0.05, 0.1) is 14.2 Å². The van der Waals surface area contributed by atoms with Crippen molar-refractivity contribution in [1.29, 1.82) is 0 Å². The molecule has 1 saturated heterocycles. The van der Waals surface area contributed by atoms with Gasteiger partial charge in [0.15, 0.2) is 17.3 Å². The third kappa shape index (κ3) is 5.11. The van der Waals surface area contributed by atoms with Gasteiger partial charge in [0, 0.05) is 42.5 Å². The Balaban J connectivity index is 1.34. The Morgan fingerprint density at radius 1 is 1.06 bits per heavy atom. The van der Waals surface area contributed by atoms with Crippen LogP contribution >= 0.6 is 0 Å². The molecule has 0 spiro atoms. The monoisotopic (exact) mass is 463 g/mol. The lowest BCUT2D eigenvalue weighted by atomic mass is 9.94. The molecule has 2 heterocycles. The van der Waals surface area contributed by atoms with Gasteiger partial charge in [-0.05, 0) is 31.0 Å². The third-order valence-electron chi connectivity index (χ3n) is 6.25. The second-order valence-corrected chi connectivity index (χ2v) is 8.52. The number of carbonyl (C=O) groups excluding carboxylic acids is 2. The minimum atomic E-state index is -0.357. The fourth-order valence-electron chi connectivity index (χ4n) is 4.26. The van der Waals surface area contributed by atoms with Crippen molar-refractivity contribution in [2.24, 2.45) is 5.92 Å². The van der Waals surface area contributed by atoms with Crippen LogP contribution in [0.4, 0.5) is 0 Å². The minimum Gasteiger partial charge on any atom is -0.493 e. The number of nitrogens with zero attached hydrogens (tertiary/aromatic N) is 3. The summed E-state index contributed by atoms with van der Waals surface area (Å²) >= 11 is 0. The van der Waals surface area contributed by atoms with Gasteiger partial charge in [0.2, 0.25) is 17.6 Å². The van der Waals surface area contributed by atoms with Gasteiger partial charge in [-0.2, -0.15) is 4.98 Å². The van der Waals surface area contributed by atoms with Crippen molar-refractivity contribution >= 4 is 11.7 Å². The van der Waals surface area contributed by atoms with Gasteiger partial charge in [0.1, 0.15) is 0 Å². The molecule has 1 amide bonds. The summed E-state index contributed by atoms with van der Waals surface area (Å²) < 4.78 is 16.2. The second kappa shape index (κ2) is 10.5. The van der Waals surface area contributed by atoms with Crippen molar-refractivity contribution in [2.75, 3.05) is 27.3 Å². The molecule has 1 atom stereocenters. The Labute approximate surface area is 198 Å². The average molecular weight is 464 g/mol. The number of rotatable bonds is 8. The maximum absolute atomic E-state index is 12.9. The Kier molecular flexibility index (Phi) is 7.25. The van der Waals surface area contributed by atoms with Gasteiger partial charge >= 0.3 is 0 Å². The highest BCUT2D eigenvalue weighted by atomic mass is 16.5. The fourth-order valence-corrected chi connectivity index (χ4v) is 4.26. The molecule has 1 aliphatic heterocycles. The van der Waals surface area contributed by atoms with E-state index in [0.717, 1.165) is 18.4 Å². The summed E-state index contributed by atoms with van der Waals surface area (Å²) in [6.07, 6.45) is 1.68. The molecule has 2 aromatic carbocycles. The highest BCUT2D eigenvalue weighted by molar-refractivity contribution is 5.98. The number of hydrogen-bond donors (Lipinski definition) is 0. The van der Waals surface area contributed by atoms with Crippen molar-refractivity contribution in [3.05, 3.63) is 60.0 Å². The standard InChI is InChI=1S/C26H29N3O5/c1-17(15-21(30)18-7-5-4-6-8-18)26(31)29-13-11-19(12-14-29)25-27-24(28-34-25)20-9-10-22(32-2)23(16-20)33-3/h4-10,16-17,19H,11-15H2,1-3H3. The molecule has 1 aromatic heterocycles. The zero-order valence-electron chi connectivity index (χ0n) is 19.7. The number of aromatic nitrogens is 2. The van der Waals surface area contributed by atoms with E-state index in [-0.39, 0.29) is 29.9 Å². The van der Waals surface area contributed by atoms with Crippen LogP contribution in [-0.4, -0.2) is 54.0 Å². The normalized spacial score (nSPS) is 15.1. The average Bonchev–Trinajstić information content (AvgIpc) is 3.38. The molecule has 34 heavy (non-hydrogen) atoms. The number of piperidine rings is 1. The number of hydrogen-bond acceptors (Lipinski definition) is 7. The first-order valence-electron chi connectivity index (χ1n) is 11.4. The molecule has 1 aliphatic rings. The van der Waals surface area contributed by atoms with Crippen LogP contribution in [-0.2, 0) is 4.79 Å². The first kappa shape index (κ1) is 23.5. The molecule has 1 unspecified atom stereocenters. The Morgan fingerprint density at radius 2 is 1.76 bits per heavy atom. The van der Waals surface area contributed by atoms with E-state index in [2.05, 4.69) is 10.1 Å². The molecule has 8 heteroatoms. The smallest absolute Gasteiger partial charge is 0.230 e. The SMILES string of the molecule is COc1ccc(-c2noc(C3CCN(C(=O)C(C)CC(=O)c4ccccc4)CC3)n2)cc1OC. The van der Waals surface area contributed by atoms with Gasteiger partial charge in [-0.15, -0.1) is 0 Å². The summed E-state index contributed by atoms with van der Waals surface area (Å²) in [4.78, 5) is 31.8. The Hall–Kier alpha value is -3.68. The zero-order chi connectivity index (χ0) is 24.1. The second-order valence-electron chi connectivity index (χ2n) is 8.52. The van der Waals surface area contributed by atoms with Gasteiger partial charge in [-0.1, -0.05) is 42.4 Å². The number of ether oxygens (including phenoxy) is 2. The lowest BCUT2D eigenvalue weighted by molar-refractivity contribution is -0.136. The Bertz CT molecular complexity index is 1140. The van der Waals surface area contributed by atoms with E-state index in [1.165, 1.54) is 0 Å². The first-order chi connectivity index (χ1) is 16.5. The number of methoxy groups -OCH3 is 2. The topological polar surface area (TPSA) is 94.8 Å². The molecule has 8 nitrogen and oxygen atoms in total. The quantitative estimate of drug-likeness (QED) is 0.458.